The zero-order valence-corrected chi connectivity index (χ0v) is 12.1. The van der Waals surface area contributed by atoms with E-state index in [1.807, 2.05) is 0 Å². The molecule has 0 saturated heterocycles. The summed E-state index contributed by atoms with van der Waals surface area (Å²) < 4.78 is 31.3. The van der Waals surface area contributed by atoms with Crippen molar-refractivity contribution in [1.82, 2.24) is 0 Å². The van der Waals surface area contributed by atoms with Crippen LogP contribution >= 0.6 is 0 Å². The summed E-state index contributed by atoms with van der Waals surface area (Å²) in [5.41, 5.74) is 0.767. The minimum absolute atomic E-state index is 0.163. The molecular formula is C14H14N2O4S. The van der Waals surface area contributed by atoms with E-state index in [-0.39, 0.29) is 4.90 Å². The molecule has 0 aliphatic rings. The van der Waals surface area contributed by atoms with Gasteiger partial charge < -0.3 is 4.74 Å². The summed E-state index contributed by atoms with van der Waals surface area (Å²) in [7, 11) is -2.41. The molecule has 1 amide bonds. The fourth-order valence-electron chi connectivity index (χ4n) is 1.64. The third-order valence-corrected chi connectivity index (χ3v) is 4.00. The predicted octanol–water partition coefficient (Wildman–Crippen LogP) is 2.67. The van der Waals surface area contributed by atoms with Gasteiger partial charge in [-0.3, -0.25) is 10.0 Å². The van der Waals surface area contributed by atoms with Crippen LogP contribution in [0, 0.1) is 0 Å². The number of hydrogen-bond acceptors (Lipinski definition) is 4. The zero-order chi connectivity index (χ0) is 15.3. The summed E-state index contributed by atoms with van der Waals surface area (Å²) in [4.78, 5) is 11.3. The molecule has 0 unspecified atom stereocenters. The molecule has 0 fully saturated rings. The van der Waals surface area contributed by atoms with E-state index in [4.69, 9.17) is 0 Å². The van der Waals surface area contributed by atoms with Gasteiger partial charge in [-0.25, -0.2) is 13.2 Å². The van der Waals surface area contributed by atoms with Gasteiger partial charge in [-0.1, -0.05) is 24.3 Å². The Hall–Kier alpha value is -2.54. The number of methoxy groups -OCH3 is 1. The van der Waals surface area contributed by atoms with Crippen LogP contribution in [0.4, 0.5) is 16.2 Å². The quantitative estimate of drug-likeness (QED) is 0.909. The van der Waals surface area contributed by atoms with Gasteiger partial charge in [0.15, 0.2) is 0 Å². The molecule has 21 heavy (non-hydrogen) atoms. The SMILES string of the molecule is COC(=O)Nc1cccc(NS(=O)(=O)c2ccccc2)c1. The van der Waals surface area contributed by atoms with Crippen LogP contribution in [0.5, 0.6) is 0 Å². The molecule has 0 bridgehead atoms. The lowest BCUT2D eigenvalue weighted by molar-refractivity contribution is 0.187. The lowest BCUT2D eigenvalue weighted by Crippen LogP contribution is -2.14. The number of anilines is 2. The molecule has 2 rings (SSSR count). The standard InChI is InChI=1S/C14H14N2O4S/c1-20-14(17)15-11-6-5-7-12(10-11)16-21(18,19)13-8-3-2-4-9-13/h2-10,16H,1H3,(H,15,17). The highest BCUT2D eigenvalue weighted by molar-refractivity contribution is 7.92. The summed E-state index contributed by atoms with van der Waals surface area (Å²) in [6, 6.07) is 14.3. The van der Waals surface area contributed by atoms with E-state index in [1.54, 1.807) is 36.4 Å². The lowest BCUT2D eigenvalue weighted by atomic mass is 10.3. The van der Waals surface area contributed by atoms with Crippen molar-refractivity contribution in [3.05, 3.63) is 54.6 Å². The molecule has 0 spiro atoms. The van der Waals surface area contributed by atoms with Crippen molar-refractivity contribution in [3.8, 4) is 0 Å². The number of nitrogens with one attached hydrogen (secondary N) is 2. The van der Waals surface area contributed by atoms with Crippen molar-refractivity contribution in [1.29, 1.82) is 0 Å². The molecule has 2 N–H and O–H groups in total. The maximum absolute atomic E-state index is 12.2. The second kappa shape index (κ2) is 6.27. The number of rotatable bonds is 4. The van der Waals surface area contributed by atoms with Gasteiger partial charge in [0.25, 0.3) is 10.0 Å². The van der Waals surface area contributed by atoms with Crippen LogP contribution in [0.25, 0.3) is 0 Å². The second-order valence-corrected chi connectivity index (χ2v) is 5.80. The van der Waals surface area contributed by atoms with Crippen LogP contribution < -0.4 is 10.0 Å². The van der Waals surface area contributed by atoms with Gasteiger partial charge in [-0.15, -0.1) is 0 Å². The van der Waals surface area contributed by atoms with E-state index < -0.39 is 16.1 Å². The first kappa shape index (κ1) is 14.9. The molecule has 0 heterocycles. The van der Waals surface area contributed by atoms with Crippen molar-refractivity contribution in [2.24, 2.45) is 0 Å². The molecule has 6 nitrogen and oxygen atoms in total. The molecule has 2 aromatic rings. The van der Waals surface area contributed by atoms with Crippen LogP contribution in [0.2, 0.25) is 0 Å². The predicted molar refractivity (Wildman–Crippen MR) is 79.7 cm³/mol. The highest BCUT2D eigenvalue weighted by Gasteiger charge is 2.13. The third-order valence-electron chi connectivity index (χ3n) is 2.60. The molecule has 0 radical (unpaired) electrons. The van der Waals surface area contributed by atoms with Crippen LogP contribution in [-0.4, -0.2) is 21.6 Å². The number of hydrogen-bond donors (Lipinski definition) is 2. The number of amides is 1. The highest BCUT2D eigenvalue weighted by atomic mass is 32.2. The second-order valence-electron chi connectivity index (χ2n) is 4.12. The van der Waals surface area contributed by atoms with Crippen molar-refractivity contribution in [2.75, 3.05) is 17.1 Å². The molecule has 7 heteroatoms. The van der Waals surface area contributed by atoms with Crippen molar-refractivity contribution < 1.29 is 17.9 Å². The lowest BCUT2D eigenvalue weighted by Gasteiger charge is -2.10. The monoisotopic (exact) mass is 306 g/mol. The fourth-order valence-corrected chi connectivity index (χ4v) is 2.71. The first-order valence-electron chi connectivity index (χ1n) is 6.04. The Kier molecular flexibility index (Phi) is 4.44. The smallest absolute Gasteiger partial charge is 0.411 e. The Bertz CT molecular complexity index is 730. The van der Waals surface area contributed by atoms with Crippen LogP contribution in [0.3, 0.4) is 0 Å². The van der Waals surface area contributed by atoms with Gasteiger partial charge in [-0.2, -0.15) is 0 Å². The number of benzene rings is 2. The first-order chi connectivity index (χ1) is 10.0. The van der Waals surface area contributed by atoms with Crippen LogP contribution in [-0.2, 0) is 14.8 Å². The Balaban J connectivity index is 2.20. The molecule has 0 aromatic heterocycles. The van der Waals surface area contributed by atoms with Crippen LogP contribution in [0.15, 0.2) is 59.5 Å². The molecule has 0 atom stereocenters. The average Bonchev–Trinajstić information content (AvgIpc) is 2.48. The molecule has 0 aliphatic heterocycles. The maximum Gasteiger partial charge on any atom is 0.411 e. The van der Waals surface area contributed by atoms with E-state index in [9.17, 15) is 13.2 Å². The third kappa shape index (κ3) is 3.96. The fraction of sp³-hybridized carbons (Fsp3) is 0.0714. The first-order valence-corrected chi connectivity index (χ1v) is 7.52. The Morgan fingerprint density at radius 2 is 1.67 bits per heavy atom. The van der Waals surface area contributed by atoms with Crippen LogP contribution in [0.1, 0.15) is 0 Å². The zero-order valence-electron chi connectivity index (χ0n) is 11.2. The van der Waals surface area contributed by atoms with E-state index in [0.717, 1.165) is 0 Å². The van der Waals surface area contributed by atoms with Gasteiger partial charge in [0.1, 0.15) is 0 Å². The molecule has 0 saturated carbocycles. The summed E-state index contributed by atoms with van der Waals surface area (Å²) >= 11 is 0. The molecular weight excluding hydrogens is 292 g/mol. The van der Waals surface area contributed by atoms with Gasteiger partial charge in [0.2, 0.25) is 0 Å². The number of carbonyl (C=O) groups excluding carboxylic acids is 1. The minimum atomic E-state index is -3.66. The topological polar surface area (TPSA) is 84.5 Å². The average molecular weight is 306 g/mol. The van der Waals surface area contributed by atoms with Gasteiger partial charge in [0.05, 0.1) is 17.7 Å². The van der Waals surface area contributed by atoms with Crippen molar-refractivity contribution in [2.45, 2.75) is 4.90 Å². The van der Waals surface area contributed by atoms with Gasteiger partial charge in [0, 0.05) is 5.69 Å². The summed E-state index contributed by atoms with van der Waals surface area (Å²) in [5, 5.41) is 2.46. The number of carbonyl (C=O) groups is 1. The number of ether oxygens (including phenoxy) is 1. The van der Waals surface area contributed by atoms with E-state index in [2.05, 4.69) is 14.8 Å². The van der Waals surface area contributed by atoms with Crippen molar-refractivity contribution in [3.63, 3.8) is 0 Å². The maximum atomic E-state index is 12.2. The Morgan fingerprint density at radius 1 is 1.00 bits per heavy atom. The van der Waals surface area contributed by atoms with E-state index in [1.165, 1.54) is 25.3 Å². The largest absolute Gasteiger partial charge is 0.453 e. The highest BCUT2D eigenvalue weighted by Crippen LogP contribution is 2.19. The minimum Gasteiger partial charge on any atom is -0.453 e. The normalized spacial score (nSPS) is 10.7. The molecule has 0 aliphatic carbocycles. The Morgan fingerprint density at radius 3 is 2.33 bits per heavy atom. The summed E-state index contributed by atoms with van der Waals surface area (Å²) in [6.07, 6.45) is -0.627. The van der Waals surface area contributed by atoms with E-state index >= 15 is 0 Å². The molecule has 110 valence electrons. The van der Waals surface area contributed by atoms with Crippen molar-refractivity contribution >= 4 is 27.5 Å². The number of sulfonamides is 1. The summed E-state index contributed by atoms with van der Waals surface area (Å²) in [5.74, 6) is 0. The van der Waals surface area contributed by atoms with E-state index in [0.29, 0.717) is 11.4 Å². The van der Waals surface area contributed by atoms with Gasteiger partial charge in [-0.05, 0) is 30.3 Å². The van der Waals surface area contributed by atoms with Gasteiger partial charge >= 0.3 is 6.09 Å². The summed E-state index contributed by atoms with van der Waals surface area (Å²) in [6.45, 7) is 0. The Labute approximate surface area is 122 Å². The molecule has 2 aromatic carbocycles.